The molecule has 2 N–H and O–H groups in total. The quantitative estimate of drug-likeness (QED) is 0.611. The minimum Gasteiger partial charge on any atom is -0.466 e. The predicted octanol–water partition coefficient (Wildman–Crippen LogP) is 4.52. The van der Waals surface area contributed by atoms with E-state index in [0.717, 1.165) is 44.5 Å². The summed E-state index contributed by atoms with van der Waals surface area (Å²) in [5.74, 6) is -0.216. The van der Waals surface area contributed by atoms with Crippen LogP contribution in [0.25, 0.3) is 5.57 Å². The van der Waals surface area contributed by atoms with Crippen LogP contribution in [0.3, 0.4) is 0 Å². The van der Waals surface area contributed by atoms with Gasteiger partial charge in [-0.05, 0) is 44.9 Å². The maximum absolute atomic E-state index is 14.7. The van der Waals surface area contributed by atoms with Crippen LogP contribution >= 0.6 is 0 Å². The Morgan fingerprint density at radius 2 is 2.24 bits per heavy atom. The monoisotopic (exact) mass is 457 g/mol. The zero-order chi connectivity index (χ0) is 23.5. The van der Waals surface area contributed by atoms with Crippen LogP contribution in [0.5, 0.6) is 0 Å². The van der Waals surface area contributed by atoms with Gasteiger partial charge in [0.05, 0.1) is 24.9 Å². The highest BCUT2D eigenvalue weighted by atomic mass is 19.1. The van der Waals surface area contributed by atoms with E-state index < -0.39 is 11.6 Å². The molecule has 0 aromatic carbocycles. The molecule has 0 amide bonds. The first-order valence-corrected chi connectivity index (χ1v) is 11.4. The third kappa shape index (κ3) is 4.96. The van der Waals surface area contributed by atoms with Gasteiger partial charge < -0.3 is 15.4 Å². The third-order valence-corrected chi connectivity index (χ3v) is 6.55. The Labute approximate surface area is 192 Å². The van der Waals surface area contributed by atoms with Gasteiger partial charge in [-0.2, -0.15) is 0 Å². The molecule has 2 aliphatic carbocycles. The molecule has 2 unspecified atom stereocenters. The van der Waals surface area contributed by atoms with Gasteiger partial charge in [0.1, 0.15) is 11.7 Å². The second kappa shape index (κ2) is 9.80. The molecule has 2 fully saturated rings. The summed E-state index contributed by atoms with van der Waals surface area (Å²) in [6.45, 7) is 7.36. The second-order valence-electron chi connectivity index (χ2n) is 8.82. The summed E-state index contributed by atoms with van der Waals surface area (Å²) < 4.78 is 33.1. The normalized spacial score (nSPS) is 28.4. The van der Waals surface area contributed by atoms with Crippen LogP contribution in [0.2, 0.25) is 0 Å². The average molecular weight is 458 g/mol. The Kier molecular flexibility index (Phi) is 6.85. The molecule has 2 bridgehead atoms. The van der Waals surface area contributed by atoms with Crippen molar-refractivity contribution in [2.45, 2.75) is 52.0 Å². The van der Waals surface area contributed by atoms with Gasteiger partial charge in [-0.15, -0.1) is 0 Å². The molecule has 0 radical (unpaired) electrons. The first kappa shape index (κ1) is 23.1. The molecular weight excluding hydrogens is 428 g/mol. The zero-order valence-corrected chi connectivity index (χ0v) is 18.9. The lowest BCUT2D eigenvalue weighted by atomic mass is 9.64. The molecule has 2 saturated carbocycles. The van der Waals surface area contributed by atoms with Crippen LogP contribution in [-0.2, 0) is 9.53 Å². The Morgan fingerprint density at radius 1 is 1.42 bits per heavy atom. The smallest absolute Gasteiger partial charge is 0.311 e. The number of anilines is 1. The predicted molar refractivity (Wildman–Crippen MR) is 122 cm³/mol. The van der Waals surface area contributed by atoms with Crippen LogP contribution in [0.15, 0.2) is 41.6 Å². The second-order valence-corrected chi connectivity index (χ2v) is 8.82. The molecule has 2 heterocycles. The summed E-state index contributed by atoms with van der Waals surface area (Å²) in [7, 11) is 0. The lowest BCUT2D eigenvalue weighted by Crippen LogP contribution is -2.47. The summed E-state index contributed by atoms with van der Waals surface area (Å²) in [5.41, 5.74) is 1.01. The first-order chi connectivity index (χ1) is 15.9. The van der Waals surface area contributed by atoms with E-state index in [9.17, 15) is 13.6 Å². The number of hydrogen-bond acceptors (Lipinski definition) is 6. The number of ether oxygens (including phenoxy) is 1. The minimum absolute atomic E-state index is 0.0397. The van der Waals surface area contributed by atoms with Crippen LogP contribution in [0.4, 0.5) is 14.6 Å². The van der Waals surface area contributed by atoms with E-state index in [1.807, 2.05) is 0 Å². The van der Waals surface area contributed by atoms with E-state index in [-0.39, 0.29) is 35.5 Å². The number of rotatable bonds is 6. The number of allylic oxidation sites excluding steroid dienone is 1. The molecule has 9 heteroatoms. The summed E-state index contributed by atoms with van der Waals surface area (Å²) in [6, 6.07) is -0.265. The number of halogens is 2. The van der Waals surface area contributed by atoms with Gasteiger partial charge >= 0.3 is 5.97 Å². The van der Waals surface area contributed by atoms with E-state index in [0.29, 0.717) is 29.5 Å². The topological polar surface area (TPSA) is 88.5 Å². The molecule has 1 aromatic heterocycles. The summed E-state index contributed by atoms with van der Waals surface area (Å²) in [5, 5.41) is 6.11. The standard InChI is InChI=1S/C24H29F2N5O2/c1-4-33-24(32)20-16-7-5-6-15(8-16)9-19(20)30-23-18(26)12-29-22(31-23)17-11-28-21(14(17)3)27-10-13(2)25/h10-12,15-16,19-20H,3-9H2,1-2H3,(H,27,28)(H,29,30,31)/b13-10+/t15?,16-,19?,20-/m0/s1. The van der Waals surface area contributed by atoms with Crippen molar-refractivity contribution < 1.29 is 18.3 Å². The highest BCUT2D eigenvalue weighted by Crippen LogP contribution is 2.44. The van der Waals surface area contributed by atoms with Crippen molar-refractivity contribution in [2.75, 3.05) is 11.9 Å². The van der Waals surface area contributed by atoms with Crippen molar-refractivity contribution in [3.8, 4) is 0 Å². The molecular formula is C24H29F2N5O2. The highest BCUT2D eigenvalue weighted by Gasteiger charge is 2.44. The van der Waals surface area contributed by atoms with Gasteiger partial charge in [-0.25, -0.2) is 23.7 Å². The SMILES string of the molecule is C=C1C(c2ncc(F)c(NC3CC4CCC[C@@H](C4)[C@@H]3C(=O)OCC)n2)=CN/C1=N/C=C(\C)F. The first-order valence-electron chi connectivity index (χ1n) is 11.4. The van der Waals surface area contributed by atoms with Crippen LogP contribution in [-0.4, -0.2) is 34.4 Å². The number of nitrogens with one attached hydrogen (secondary N) is 2. The number of carbonyl (C=O) groups excluding carboxylic acids is 1. The van der Waals surface area contributed by atoms with Crippen molar-refractivity contribution in [2.24, 2.45) is 22.7 Å². The fraction of sp³-hybridized carbons (Fsp3) is 0.500. The highest BCUT2D eigenvalue weighted by molar-refractivity contribution is 6.15. The largest absolute Gasteiger partial charge is 0.466 e. The maximum Gasteiger partial charge on any atom is 0.311 e. The third-order valence-electron chi connectivity index (χ3n) is 6.55. The van der Waals surface area contributed by atoms with E-state index in [1.54, 1.807) is 13.1 Å². The molecule has 1 aliphatic heterocycles. The lowest BCUT2D eigenvalue weighted by Gasteiger charge is -2.44. The number of aliphatic imine (C=N–C) groups is 1. The van der Waals surface area contributed by atoms with Gasteiger partial charge in [0.2, 0.25) is 0 Å². The van der Waals surface area contributed by atoms with E-state index in [2.05, 4.69) is 32.2 Å². The van der Waals surface area contributed by atoms with Gasteiger partial charge in [0.25, 0.3) is 0 Å². The number of carbonyl (C=O) groups is 1. The number of esters is 1. The molecule has 4 rings (SSSR count). The number of aromatic nitrogens is 2. The van der Waals surface area contributed by atoms with Crippen molar-refractivity contribution in [3.63, 3.8) is 0 Å². The van der Waals surface area contributed by atoms with E-state index in [4.69, 9.17) is 4.74 Å². The summed E-state index contributed by atoms with van der Waals surface area (Å²) in [4.78, 5) is 25.3. The molecule has 176 valence electrons. The Morgan fingerprint density at radius 3 is 3.00 bits per heavy atom. The fourth-order valence-corrected chi connectivity index (χ4v) is 5.14. The molecule has 3 aliphatic rings. The number of nitrogens with zero attached hydrogens (tertiary/aromatic N) is 3. The van der Waals surface area contributed by atoms with Gasteiger partial charge in [0, 0.05) is 23.4 Å². The Bertz CT molecular complexity index is 1030. The van der Waals surface area contributed by atoms with Crippen molar-refractivity contribution >= 4 is 23.2 Å². The molecule has 4 atom stereocenters. The zero-order valence-electron chi connectivity index (χ0n) is 18.9. The van der Waals surface area contributed by atoms with Crippen molar-refractivity contribution in [1.29, 1.82) is 0 Å². The van der Waals surface area contributed by atoms with Crippen LogP contribution in [0.1, 0.15) is 51.8 Å². The van der Waals surface area contributed by atoms with Crippen LogP contribution in [0, 0.1) is 23.6 Å². The van der Waals surface area contributed by atoms with Crippen LogP contribution < -0.4 is 10.6 Å². The molecule has 33 heavy (non-hydrogen) atoms. The lowest BCUT2D eigenvalue weighted by molar-refractivity contribution is -0.153. The van der Waals surface area contributed by atoms with Gasteiger partial charge in [-0.1, -0.05) is 19.4 Å². The molecule has 0 saturated heterocycles. The van der Waals surface area contributed by atoms with Gasteiger partial charge in [0.15, 0.2) is 17.5 Å². The number of fused-ring (bicyclic) bond motifs is 2. The Balaban J connectivity index is 1.58. The summed E-state index contributed by atoms with van der Waals surface area (Å²) >= 11 is 0. The molecule has 0 spiro atoms. The van der Waals surface area contributed by atoms with E-state index >= 15 is 0 Å². The van der Waals surface area contributed by atoms with Crippen molar-refractivity contribution in [3.05, 3.63) is 48.2 Å². The molecule has 1 aromatic rings. The number of hydrogen-bond donors (Lipinski definition) is 2. The average Bonchev–Trinajstić information content (AvgIpc) is 3.14. The van der Waals surface area contributed by atoms with Crippen molar-refractivity contribution in [1.82, 2.24) is 15.3 Å². The maximum atomic E-state index is 14.7. The summed E-state index contributed by atoms with van der Waals surface area (Å²) in [6.07, 6.45) is 8.76. The number of amidine groups is 1. The Hall–Kier alpha value is -3.10. The van der Waals surface area contributed by atoms with Gasteiger partial charge in [-0.3, -0.25) is 4.79 Å². The van der Waals surface area contributed by atoms with E-state index in [1.165, 1.54) is 6.92 Å². The fourth-order valence-electron chi connectivity index (χ4n) is 5.14. The minimum atomic E-state index is -0.598. The molecule has 7 nitrogen and oxygen atoms in total.